The molecular weight excluding hydrogens is 270 g/mol. The molecule has 6 nitrogen and oxygen atoms in total. The normalized spacial score (nSPS) is 10.0. The van der Waals surface area contributed by atoms with Crippen LogP contribution in [0.5, 0.6) is 0 Å². The number of amides is 2. The fourth-order valence-electron chi connectivity index (χ4n) is 1.41. The Morgan fingerprint density at radius 1 is 1.32 bits per heavy atom. The van der Waals surface area contributed by atoms with Gasteiger partial charge in [-0.15, -0.1) is 0 Å². The first-order chi connectivity index (χ1) is 9.04. The Morgan fingerprint density at radius 3 is 2.63 bits per heavy atom. The van der Waals surface area contributed by atoms with Gasteiger partial charge in [-0.2, -0.15) is 0 Å². The van der Waals surface area contributed by atoms with Gasteiger partial charge >= 0.3 is 12.0 Å². The molecule has 0 saturated carbocycles. The van der Waals surface area contributed by atoms with Crippen molar-refractivity contribution in [1.82, 2.24) is 10.6 Å². The second-order valence-electron chi connectivity index (χ2n) is 3.84. The number of carbonyl (C=O) groups excluding carboxylic acids is 1. The third-order valence-electron chi connectivity index (χ3n) is 2.35. The van der Waals surface area contributed by atoms with Crippen molar-refractivity contribution in [2.45, 2.75) is 6.42 Å². The molecule has 1 aromatic rings. The van der Waals surface area contributed by atoms with Gasteiger partial charge in [-0.1, -0.05) is 11.6 Å². The summed E-state index contributed by atoms with van der Waals surface area (Å²) in [7, 11) is 1.84. The third kappa shape index (κ3) is 5.15. The van der Waals surface area contributed by atoms with E-state index >= 15 is 0 Å². The molecule has 1 aromatic carbocycles. The summed E-state index contributed by atoms with van der Waals surface area (Å²) in [5, 5.41) is 17.1. The highest BCUT2D eigenvalue weighted by atomic mass is 35.5. The predicted molar refractivity (Wildman–Crippen MR) is 74.0 cm³/mol. The molecule has 1 rings (SSSR count). The highest BCUT2D eigenvalue weighted by Crippen LogP contribution is 2.20. The van der Waals surface area contributed by atoms with Crippen LogP contribution in [-0.2, 0) is 0 Å². The zero-order chi connectivity index (χ0) is 14.3. The molecule has 0 spiro atoms. The highest BCUT2D eigenvalue weighted by Gasteiger charge is 2.09. The van der Waals surface area contributed by atoms with Crippen LogP contribution in [0.1, 0.15) is 16.8 Å². The number of rotatable bonds is 6. The minimum atomic E-state index is -1.10. The third-order valence-corrected chi connectivity index (χ3v) is 2.66. The van der Waals surface area contributed by atoms with Crippen molar-refractivity contribution in [2.24, 2.45) is 0 Å². The molecular formula is C12H16ClN3O3. The van der Waals surface area contributed by atoms with Crippen LogP contribution < -0.4 is 16.0 Å². The summed E-state index contributed by atoms with van der Waals surface area (Å²) in [6, 6.07) is 3.89. The number of halogens is 1. The second kappa shape index (κ2) is 7.60. The minimum absolute atomic E-state index is 0.00152. The molecule has 0 fully saturated rings. The number of nitrogens with one attached hydrogen (secondary N) is 3. The maximum atomic E-state index is 11.5. The Morgan fingerprint density at radius 2 is 2.05 bits per heavy atom. The predicted octanol–water partition coefficient (Wildman–Crippen LogP) is 1.77. The van der Waals surface area contributed by atoms with E-state index in [1.165, 1.54) is 18.2 Å². The summed E-state index contributed by atoms with van der Waals surface area (Å²) in [6.45, 7) is 1.37. The van der Waals surface area contributed by atoms with Crippen LogP contribution >= 0.6 is 11.6 Å². The van der Waals surface area contributed by atoms with Crippen LogP contribution in [0.4, 0.5) is 10.5 Å². The van der Waals surface area contributed by atoms with Crippen molar-refractivity contribution >= 4 is 29.3 Å². The summed E-state index contributed by atoms with van der Waals surface area (Å²) in [4.78, 5) is 22.3. The van der Waals surface area contributed by atoms with Gasteiger partial charge in [0.05, 0.1) is 10.6 Å². The Balaban J connectivity index is 2.51. The molecule has 104 valence electrons. The Bertz CT molecular complexity index is 466. The topological polar surface area (TPSA) is 90.5 Å². The first kappa shape index (κ1) is 15.3. The summed E-state index contributed by atoms with van der Waals surface area (Å²) >= 11 is 5.79. The smallest absolute Gasteiger partial charge is 0.337 e. The van der Waals surface area contributed by atoms with Crippen LogP contribution in [0, 0.1) is 0 Å². The SMILES string of the molecule is CNCCCNC(=O)Nc1ccc(C(=O)O)c(Cl)c1. The molecule has 19 heavy (non-hydrogen) atoms. The van der Waals surface area contributed by atoms with E-state index < -0.39 is 5.97 Å². The number of carboxylic acids is 1. The average Bonchev–Trinajstić information content (AvgIpc) is 2.34. The average molecular weight is 286 g/mol. The second-order valence-corrected chi connectivity index (χ2v) is 4.24. The van der Waals surface area contributed by atoms with Crippen LogP contribution in [-0.4, -0.2) is 37.2 Å². The van der Waals surface area contributed by atoms with Crippen molar-refractivity contribution < 1.29 is 14.7 Å². The molecule has 0 aliphatic rings. The lowest BCUT2D eigenvalue weighted by Crippen LogP contribution is -2.30. The van der Waals surface area contributed by atoms with E-state index in [-0.39, 0.29) is 16.6 Å². The van der Waals surface area contributed by atoms with Gasteiger partial charge in [-0.05, 0) is 38.2 Å². The van der Waals surface area contributed by atoms with Crippen LogP contribution in [0.2, 0.25) is 5.02 Å². The van der Waals surface area contributed by atoms with Crippen molar-refractivity contribution in [1.29, 1.82) is 0 Å². The van der Waals surface area contributed by atoms with E-state index in [0.717, 1.165) is 13.0 Å². The maximum absolute atomic E-state index is 11.5. The summed E-state index contributed by atoms with van der Waals surface area (Å²) in [5.41, 5.74) is 0.447. The standard InChI is InChI=1S/C12H16ClN3O3/c1-14-5-2-6-15-12(19)16-8-3-4-9(11(17)18)10(13)7-8/h3-4,7,14H,2,5-6H2,1H3,(H,17,18)(H2,15,16,19). The zero-order valence-corrected chi connectivity index (χ0v) is 11.3. The van der Waals surface area contributed by atoms with Crippen molar-refractivity contribution in [3.63, 3.8) is 0 Å². The number of hydrogen-bond acceptors (Lipinski definition) is 3. The molecule has 0 saturated heterocycles. The Kier molecular flexibility index (Phi) is 6.11. The van der Waals surface area contributed by atoms with Crippen LogP contribution in [0.25, 0.3) is 0 Å². The van der Waals surface area contributed by atoms with E-state index in [1.54, 1.807) is 0 Å². The van der Waals surface area contributed by atoms with Gasteiger partial charge in [0.1, 0.15) is 0 Å². The van der Waals surface area contributed by atoms with E-state index in [9.17, 15) is 9.59 Å². The van der Waals surface area contributed by atoms with E-state index in [0.29, 0.717) is 12.2 Å². The van der Waals surface area contributed by atoms with Crippen LogP contribution in [0.15, 0.2) is 18.2 Å². The quantitative estimate of drug-likeness (QED) is 0.600. The number of carboxylic acid groups (broad SMARTS) is 1. The van der Waals surface area contributed by atoms with E-state index in [1.807, 2.05) is 7.05 Å². The number of urea groups is 1. The lowest BCUT2D eigenvalue weighted by atomic mass is 10.2. The Labute approximate surface area is 116 Å². The van der Waals surface area contributed by atoms with Crippen molar-refractivity contribution in [3.8, 4) is 0 Å². The summed E-state index contributed by atoms with van der Waals surface area (Å²) in [6.07, 6.45) is 0.822. The first-order valence-electron chi connectivity index (χ1n) is 5.77. The number of aromatic carboxylic acids is 1. The number of hydrogen-bond donors (Lipinski definition) is 4. The van der Waals surface area contributed by atoms with Gasteiger partial charge in [0.25, 0.3) is 0 Å². The van der Waals surface area contributed by atoms with Gasteiger partial charge in [0.15, 0.2) is 0 Å². The molecule has 2 amide bonds. The molecule has 4 N–H and O–H groups in total. The fourth-order valence-corrected chi connectivity index (χ4v) is 1.67. The fraction of sp³-hybridized carbons (Fsp3) is 0.333. The number of anilines is 1. The lowest BCUT2D eigenvalue weighted by Gasteiger charge is -2.08. The zero-order valence-electron chi connectivity index (χ0n) is 10.5. The number of benzene rings is 1. The molecule has 0 aliphatic carbocycles. The van der Waals surface area contributed by atoms with Crippen LogP contribution in [0.3, 0.4) is 0 Å². The molecule has 0 bridgehead atoms. The van der Waals surface area contributed by atoms with Gasteiger partial charge in [0, 0.05) is 12.2 Å². The van der Waals surface area contributed by atoms with Gasteiger partial charge < -0.3 is 21.1 Å². The van der Waals surface area contributed by atoms with Gasteiger partial charge in [-0.3, -0.25) is 0 Å². The first-order valence-corrected chi connectivity index (χ1v) is 6.14. The molecule has 0 heterocycles. The van der Waals surface area contributed by atoms with E-state index in [2.05, 4.69) is 16.0 Å². The summed E-state index contributed by atoms with van der Waals surface area (Å²) in [5.74, 6) is -1.10. The molecule has 0 aromatic heterocycles. The molecule has 7 heteroatoms. The largest absolute Gasteiger partial charge is 0.478 e. The molecule has 0 radical (unpaired) electrons. The van der Waals surface area contributed by atoms with E-state index in [4.69, 9.17) is 16.7 Å². The van der Waals surface area contributed by atoms with Crippen molar-refractivity contribution in [3.05, 3.63) is 28.8 Å². The Hall–Kier alpha value is -1.79. The lowest BCUT2D eigenvalue weighted by molar-refractivity contribution is 0.0697. The molecule has 0 aliphatic heterocycles. The highest BCUT2D eigenvalue weighted by molar-refractivity contribution is 6.33. The summed E-state index contributed by atoms with van der Waals surface area (Å²) < 4.78 is 0. The molecule has 0 unspecified atom stereocenters. The monoisotopic (exact) mass is 285 g/mol. The van der Waals surface area contributed by atoms with Gasteiger partial charge in [-0.25, -0.2) is 9.59 Å². The van der Waals surface area contributed by atoms with Crippen molar-refractivity contribution in [2.75, 3.05) is 25.5 Å². The molecule has 0 atom stereocenters. The number of carbonyl (C=O) groups is 2. The van der Waals surface area contributed by atoms with Gasteiger partial charge in [0.2, 0.25) is 0 Å². The maximum Gasteiger partial charge on any atom is 0.337 e. The minimum Gasteiger partial charge on any atom is -0.478 e.